The number of aliphatic carboxylic acids is 1. The van der Waals surface area contributed by atoms with Crippen molar-refractivity contribution in [3.05, 3.63) is 63.5 Å². The van der Waals surface area contributed by atoms with Crippen LogP contribution in [0.4, 0.5) is 5.69 Å². The zero-order valence-corrected chi connectivity index (χ0v) is 14.5. The summed E-state index contributed by atoms with van der Waals surface area (Å²) in [6.07, 6.45) is -0.869. The van der Waals surface area contributed by atoms with Crippen LogP contribution in [0.15, 0.2) is 46.8 Å². The third-order valence-electron chi connectivity index (χ3n) is 2.37. The van der Waals surface area contributed by atoms with Gasteiger partial charge in [0.15, 0.2) is 5.78 Å². The molecule has 0 saturated carbocycles. The van der Waals surface area contributed by atoms with Crippen molar-refractivity contribution in [2.75, 3.05) is 5.73 Å². The second-order valence-corrected chi connectivity index (χ2v) is 4.50. The Labute approximate surface area is 162 Å². The molecule has 2 N–H and O–H groups in total. The minimum Gasteiger partial charge on any atom is -0.550 e. The van der Waals surface area contributed by atoms with Gasteiger partial charge in [-0.25, -0.2) is 0 Å². The number of anilines is 1. The summed E-state index contributed by atoms with van der Waals surface area (Å²) >= 11 is 2.89. The van der Waals surface area contributed by atoms with Crippen molar-refractivity contribution in [2.24, 2.45) is 0 Å². The van der Waals surface area contributed by atoms with Gasteiger partial charge >= 0.3 is 29.6 Å². The molecule has 2 rings (SSSR count). The standard InChI is InChI=1S/C15H12BrNO3.Na/c16-11-6-4-9(5-7-11)15(20)12-3-1-2-10(14(12)17)8-13(18)19;/h1-7H,8,17H2,(H,18,19);/q;+1/p-1/i1D,2D,3D,4D,5D,6D,7D;. The molecule has 0 fully saturated rings. The molecule has 0 saturated heterocycles. The Bertz CT molecular complexity index is 987. The summed E-state index contributed by atoms with van der Waals surface area (Å²) in [6.45, 7) is 0. The van der Waals surface area contributed by atoms with E-state index in [2.05, 4.69) is 15.9 Å². The van der Waals surface area contributed by atoms with Crippen molar-refractivity contribution < 1.29 is 53.8 Å². The van der Waals surface area contributed by atoms with E-state index in [4.69, 9.17) is 15.3 Å². The molecule has 0 unspecified atom stereocenters. The molecule has 0 aliphatic heterocycles. The van der Waals surface area contributed by atoms with Gasteiger partial charge in [-0.15, -0.1) is 0 Å². The average Bonchev–Trinajstić information content (AvgIpc) is 2.60. The summed E-state index contributed by atoms with van der Waals surface area (Å²) in [7, 11) is 0. The van der Waals surface area contributed by atoms with Crippen LogP contribution in [-0.4, -0.2) is 11.8 Å². The minimum absolute atomic E-state index is 0. The first-order chi connectivity index (χ1) is 12.4. The predicted molar refractivity (Wildman–Crippen MR) is 77.1 cm³/mol. The molecule has 0 spiro atoms. The summed E-state index contributed by atoms with van der Waals surface area (Å²) in [5, 5.41) is 10.9. The van der Waals surface area contributed by atoms with Crippen molar-refractivity contribution >= 4 is 33.4 Å². The number of carboxylic acid groups (broad SMARTS) is 1. The van der Waals surface area contributed by atoms with Crippen LogP contribution >= 0.6 is 15.9 Å². The van der Waals surface area contributed by atoms with E-state index in [0.29, 0.717) is 0 Å². The molecule has 0 radical (unpaired) electrons. The SMILES string of the molecule is [2H]c1c([2H])c(CC(=O)[O-])c(N)c(C(=O)c2c([2H])c([2H])c(Br)c([2H])c2[2H])c1[2H].[Na+]. The van der Waals surface area contributed by atoms with E-state index in [0.717, 1.165) is 0 Å². The number of carbonyl (C=O) groups is 2. The molecular formula is C15H11BrNNaO3. The van der Waals surface area contributed by atoms with Crippen LogP contribution in [0, 0.1) is 0 Å². The van der Waals surface area contributed by atoms with Crippen molar-refractivity contribution in [3.8, 4) is 0 Å². The van der Waals surface area contributed by atoms with Crippen LogP contribution < -0.4 is 40.4 Å². The van der Waals surface area contributed by atoms with Crippen LogP contribution in [0.3, 0.4) is 0 Å². The molecule has 6 heteroatoms. The number of rotatable bonds is 4. The van der Waals surface area contributed by atoms with E-state index < -0.39 is 82.8 Å². The van der Waals surface area contributed by atoms with Gasteiger partial charge in [-0.1, -0.05) is 28.0 Å². The number of carbonyl (C=O) groups excluding carboxylic acids is 2. The van der Waals surface area contributed by atoms with Gasteiger partial charge in [0.2, 0.25) is 0 Å². The quantitative estimate of drug-likeness (QED) is 0.410. The molecule has 4 nitrogen and oxygen atoms in total. The van der Waals surface area contributed by atoms with Gasteiger partial charge in [-0.2, -0.15) is 0 Å². The van der Waals surface area contributed by atoms with E-state index in [-0.39, 0.29) is 34.0 Å². The number of hydrogen-bond acceptors (Lipinski definition) is 4. The van der Waals surface area contributed by atoms with Crippen LogP contribution in [0.25, 0.3) is 0 Å². The number of nitrogen functional groups attached to an aromatic ring is 1. The van der Waals surface area contributed by atoms with E-state index in [9.17, 15) is 14.7 Å². The third-order valence-corrected chi connectivity index (χ3v) is 2.76. The van der Waals surface area contributed by atoms with Crippen molar-refractivity contribution in [1.29, 1.82) is 0 Å². The Hall–Kier alpha value is -1.14. The number of ketones is 1. The summed E-state index contributed by atoms with van der Waals surface area (Å²) < 4.78 is 54.7. The Kier molecular flexibility index (Phi) is 3.61. The third kappa shape index (κ3) is 4.41. The fraction of sp³-hybridized carbons (Fsp3) is 0.0667. The molecule has 0 aliphatic carbocycles. The van der Waals surface area contributed by atoms with Gasteiger partial charge < -0.3 is 15.6 Å². The van der Waals surface area contributed by atoms with E-state index >= 15 is 0 Å². The maximum absolute atomic E-state index is 12.9. The Balaban J connectivity index is 0.00000392. The average molecular weight is 363 g/mol. The maximum atomic E-state index is 12.9. The van der Waals surface area contributed by atoms with Crippen molar-refractivity contribution in [1.82, 2.24) is 0 Å². The summed E-state index contributed by atoms with van der Waals surface area (Å²) in [5.74, 6) is -2.78. The van der Waals surface area contributed by atoms with Crippen molar-refractivity contribution in [2.45, 2.75) is 6.42 Å². The van der Waals surface area contributed by atoms with E-state index in [1.807, 2.05) is 0 Å². The summed E-state index contributed by atoms with van der Waals surface area (Å²) in [4.78, 5) is 23.8. The molecule has 0 amide bonds. The molecule has 2 aromatic carbocycles. The van der Waals surface area contributed by atoms with Gasteiger partial charge in [-0.05, 0) is 35.8 Å². The number of hydrogen-bond donors (Lipinski definition) is 1. The molecule has 102 valence electrons. The Morgan fingerprint density at radius 3 is 2.38 bits per heavy atom. The number of carboxylic acids is 1. The second kappa shape index (κ2) is 7.75. The Morgan fingerprint density at radius 1 is 1.19 bits per heavy atom. The van der Waals surface area contributed by atoms with Crippen LogP contribution in [0.2, 0.25) is 0 Å². The molecule has 2 aromatic rings. The smallest absolute Gasteiger partial charge is 0.550 e. The zero-order chi connectivity index (χ0) is 20.8. The number of nitrogens with two attached hydrogens (primary N) is 1. The van der Waals surface area contributed by atoms with Gasteiger partial charge in [0.1, 0.15) is 0 Å². The van der Waals surface area contributed by atoms with Crippen LogP contribution in [-0.2, 0) is 11.2 Å². The van der Waals surface area contributed by atoms with Crippen molar-refractivity contribution in [3.63, 3.8) is 0 Å². The normalized spacial score (nSPS) is 14.4. The first-order valence-corrected chi connectivity index (χ1v) is 6.09. The monoisotopic (exact) mass is 362 g/mol. The second-order valence-electron chi connectivity index (χ2n) is 3.71. The zero-order valence-electron chi connectivity index (χ0n) is 17.9. The summed E-state index contributed by atoms with van der Waals surface area (Å²) in [5.41, 5.74) is 3.51. The van der Waals surface area contributed by atoms with Gasteiger partial charge in [0, 0.05) is 33.7 Å². The molecular weight excluding hydrogens is 345 g/mol. The molecule has 0 aromatic heterocycles. The van der Waals surface area contributed by atoms with Gasteiger partial charge in [0.05, 0.1) is 9.60 Å². The fourth-order valence-electron chi connectivity index (χ4n) is 1.45. The number of para-hydroxylation sites is 1. The Morgan fingerprint density at radius 2 is 1.81 bits per heavy atom. The van der Waals surface area contributed by atoms with E-state index in [1.165, 1.54) is 0 Å². The molecule has 0 atom stereocenters. The topological polar surface area (TPSA) is 83.2 Å². The van der Waals surface area contributed by atoms with Gasteiger partial charge in [-0.3, -0.25) is 4.79 Å². The molecule has 0 bridgehead atoms. The predicted octanol–water partition coefficient (Wildman–Crippen LogP) is -1.44. The van der Waals surface area contributed by atoms with Crippen LogP contribution in [0.5, 0.6) is 0 Å². The number of halogens is 1. The minimum atomic E-state index is -1.61. The van der Waals surface area contributed by atoms with E-state index in [1.54, 1.807) is 0 Å². The maximum Gasteiger partial charge on any atom is 1.00 e. The number of benzene rings is 2. The first kappa shape index (κ1) is 9.79. The van der Waals surface area contributed by atoms with Crippen LogP contribution in [0.1, 0.15) is 31.1 Å². The largest absolute Gasteiger partial charge is 1.00 e. The summed E-state index contributed by atoms with van der Waals surface area (Å²) in [6, 6.07) is -4.59. The molecule has 21 heavy (non-hydrogen) atoms. The fourth-order valence-corrected chi connectivity index (χ4v) is 1.65. The molecule has 0 heterocycles. The molecule has 0 aliphatic rings. The van der Waals surface area contributed by atoms with Gasteiger partial charge in [0.25, 0.3) is 0 Å². The first-order valence-electron chi connectivity index (χ1n) is 8.80.